The summed E-state index contributed by atoms with van der Waals surface area (Å²) in [5.74, 6) is 9.76. The number of nitrogens with one attached hydrogen (secondary N) is 16. The number of nitrogens with two attached hydrogens (primary N) is 2. The smallest absolute Gasteiger partial charge is 0.164 e. The second kappa shape index (κ2) is 16.3. The van der Waals surface area contributed by atoms with Crippen molar-refractivity contribution < 1.29 is 0 Å². The molecule has 18 heavy (non-hydrogen) atoms. The Hall–Kier alpha value is -0.720. The van der Waals surface area contributed by atoms with Crippen molar-refractivity contribution in [3.63, 3.8) is 0 Å². The highest BCUT2D eigenvalue weighted by Gasteiger charge is 1.82. The zero-order chi connectivity index (χ0) is 13.3. The van der Waals surface area contributed by atoms with Gasteiger partial charge in [-0.2, -0.15) is 88.6 Å². The summed E-state index contributed by atoms with van der Waals surface area (Å²) in [6, 6.07) is 0. The van der Waals surface area contributed by atoms with Gasteiger partial charge >= 0.3 is 0 Å². The van der Waals surface area contributed by atoms with Crippen LogP contribution in [0.4, 0.5) is 0 Å². The first kappa shape index (κ1) is 17.3. The van der Waals surface area contributed by atoms with Gasteiger partial charge in [-0.05, 0) is 0 Å². The van der Waals surface area contributed by atoms with Gasteiger partial charge in [-0.1, -0.05) is 0 Å². The number of hydrogen-bond donors (Lipinski definition) is 18. The summed E-state index contributed by atoms with van der Waals surface area (Å²) >= 11 is 0. The van der Waals surface area contributed by atoms with Gasteiger partial charge in [0.15, 0.2) is 0 Å². The number of rotatable bonds is 15. The van der Waals surface area contributed by atoms with Gasteiger partial charge < -0.3 is 0 Å². The molecule has 18 nitrogen and oxygen atoms in total. The minimum absolute atomic E-state index is 2.12. The van der Waals surface area contributed by atoms with Crippen LogP contribution in [0.5, 0.6) is 0 Å². The van der Waals surface area contributed by atoms with Crippen LogP contribution in [-0.4, -0.2) is 0 Å². The molecular formula is H20N18. The van der Waals surface area contributed by atoms with Crippen molar-refractivity contribution in [2.45, 2.75) is 0 Å². The van der Waals surface area contributed by atoms with Crippen LogP contribution in [0.1, 0.15) is 0 Å². The third-order valence-corrected chi connectivity index (χ3v) is 0.957. The van der Waals surface area contributed by atoms with Gasteiger partial charge in [-0.15, -0.1) is 0 Å². The van der Waals surface area contributed by atoms with E-state index in [2.05, 4.69) is 88.6 Å². The van der Waals surface area contributed by atoms with Crippen LogP contribution in [0.25, 0.3) is 0 Å². The topological polar surface area (TPSA) is 245 Å². The maximum atomic E-state index is 4.88. The van der Waals surface area contributed by atoms with Gasteiger partial charge in [0.1, 0.15) is 0 Å². The lowest BCUT2D eigenvalue weighted by atomic mass is 12.0. The maximum absolute atomic E-state index is 4.88. The van der Waals surface area contributed by atoms with Gasteiger partial charge in [0, 0.05) is 0 Å². The second-order valence-electron chi connectivity index (χ2n) is 2.04. The van der Waals surface area contributed by atoms with Crippen molar-refractivity contribution in [1.82, 2.24) is 88.6 Å². The zero-order valence-electron chi connectivity index (χ0n) is 9.15. The van der Waals surface area contributed by atoms with Gasteiger partial charge in [-0.3, -0.25) is 11.7 Å². The fourth-order valence-electron chi connectivity index (χ4n) is 0.447. The number of hydrazine groups is 17. The van der Waals surface area contributed by atoms with Crippen LogP contribution in [0, 0.1) is 0 Å². The number of hydrogen-bond acceptors (Lipinski definition) is 18. The Morgan fingerprint density at radius 3 is 0.611 bits per heavy atom. The molecule has 0 aliphatic carbocycles. The monoisotopic (exact) mass is 272 g/mol. The summed E-state index contributed by atoms with van der Waals surface area (Å²) in [5.41, 5.74) is 38.2. The van der Waals surface area contributed by atoms with Crippen molar-refractivity contribution >= 4 is 0 Å². The van der Waals surface area contributed by atoms with Crippen molar-refractivity contribution in [1.29, 1.82) is 0 Å². The van der Waals surface area contributed by atoms with Gasteiger partial charge in [-0.25, -0.2) is 0 Å². The SMILES string of the molecule is NNNNNNNNNNNNNNNNNN. The second-order valence-corrected chi connectivity index (χ2v) is 2.04. The minimum atomic E-state index is 2.12. The summed E-state index contributed by atoms with van der Waals surface area (Å²) in [5, 5.41) is 0. The lowest BCUT2D eigenvalue weighted by Crippen LogP contribution is -2.68. The van der Waals surface area contributed by atoms with Crippen LogP contribution < -0.4 is 100 Å². The molecule has 0 aromatic heterocycles. The molecular weight excluding hydrogens is 252 g/mol. The van der Waals surface area contributed by atoms with Gasteiger partial charge in [0.25, 0.3) is 0 Å². The van der Waals surface area contributed by atoms with Crippen LogP contribution in [0.2, 0.25) is 0 Å². The van der Waals surface area contributed by atoms with E-state index >= 15 is 0 Å². The summed E-state index contributed by atoms with van der Waals surface area (Å²) in [7, 11) is 0. The average Bonchev–Trinajstić information content (AvgIpc) is 2.39. The Balaban J connectivity index is 2.86. The van der Waals surface area contributed by atoms with Crippen molar-refractivity contribution in [3.8, 4) is 0 Å². The first-order valence-corrected chi connectivity index (χ1v) is 4.33. The molecule has 0 aliphatic rings. The molecule has 0 aromatic rings. The van der Waals surface area contributed by atoms with Gasteiger partial charge in [0.05, 0.1) is 0 Å². The van der Waals surface area contributed by atoms with E-state index in [1.54, 1.807) is 0 Å². The average molecular weight is 272 g/mol. The van der Waals surface area contributed by atoms with Crippen LogP contribution >= 0.6 is 0 Å². The molecule has 0 unspecified atom stereocenters. The highest BCUT2D eigenvalue weighted by molar-refractivity contribution is 4.16. The maximum Gasteiger partial charge on any atom is -0.164 e. The largest absolute Gasteiger partial charge is 0.257 e. The molecule has 0 radical (unpaired) electrons. The lowest BCUT2D eigenvalue weighted by Gasteiger charge is -2.14. The molecule has 110 valence electrons. The summed E-state index contributed by atoms with van der Waals surface area (Å²) in [6.07, 6.45) is 0. The Kier molecular flexibility index (Phi) is 15.6. The fraction of sp³-hybridized carbons (Fsp3) is 0. The molecule has 0 aliphatic heterocycles. The van der Waals surface area contributed by atoms with E-state index in [9.17, 15) is 0 Å². The summed E-state index contributed by atoms with van der Waals surface area (Å²) < 4.78 is 0. The lowest BCUT2D eigenvalue weighted by molar-refractivity contribution is 0.202. The summed E-state index contributed by atoms with van der Waals surface area (Å²) in [6.45, 7) is 0. The highest BCUT2D eigenvalue weighted by atomic mass is 16.0. The third kappa shape index (κ3) is 15.3. The van der Waals surface area contributed by atoms with Crippen molar-refractivity contribution in [3.05, 3.63) is 0 Å². The highest BCUT2D eigenvalue weighted by Crippen LogP contribution is 1.27. The first-order chi connectivity index (χ1) is 8.91. The molecule has 0 heterocycles. The molecule has 18 heteroatoms. The summed E-state index contributed by atoms with van der Waals surface area (Å²) in [4.78, 5) is 0. The normalized spacial score (nSPS) is 11.0. The molecule has 0 amide bonds. The van der Waals surface area contributed by atoms with Crippen LogP contribution in [-0.2, 0) is 0 Å². The van der Waals surface area contributed by atoms with Crippen LogP contribution in [0.3, 0.4) is 0 Å². The van der Waals surface area contributed by atoms with Crippen molar-refractivity contribution in [2.24, 2.45) is 11.7 Å². The predicted molar refractivity (Wildman–Crippen MR) is 58.5 cm³/mol. The molecule has 20 N–H and O–H groups in total. The first-order valence-electron chi connectivity index (χ1n) is 4.33. The van der Waals surface area contributed by atoms with E-state index in [0.29, 0.717) is 0 Å². The van der Waals surface area contributed by atoms with Crippen molar-refractivity contribution in [2.75, 3.05) is 0 Å². The van der Waals surface area contributed by atoms with Gasteiger partial charge in [0.2, 0.25) is 0 Å². The molecule has 0 saturated carbocycles. The van der Waals surface area contributed by atoms with E-state index in [4.69, 9.17) is 11.7 Å². The van der Waals surface area contributed by atoms with E-state index in [0.717, 1.165) is 0 Å². The Morgan fingerprint density at radius 1 is 0.278 bits per heavy atom. The van der Waals surface area contributed by atoms with E-state index in [-0.39, 0.29) is 0 Å². The van der Waals surface area contributed by atoms with E-state index in [1.165, 1.54) is 0 Å². The van der Waals surface area contributed by atoms with E-state index in [1.807, 2.05) is 0 Å². The quantitative estimate of drug-likeness (QED) is 0.0750. The molecule has 0 spiro atoms. The van der Waals surface area contributed by atoms with E-state index < -0.39 is 0 Å². The molecule has 0 rings (SSSR count). The Bertz CT molecular complexity index is 112. The molecule has 0 saturated heterocycles. The third-order valence-electron chi connectivity index (χ3n) is 0.957. The zero-order valence-corrected chi connectivity index (χ0v) is 9.15. The molecule has 0 aromatic carbocycles. The Labute approximate surface area is 101 Å². The Morgan fingerprint density at radius 2 is 0.444 bits per heavy atom. The molecule has 0 atom stereocenters. The predicted octanol–water partition coefficient (Wildman–Crippen LogP) is -9.11. The minimum Gasteiger partial charge on any atom is -0.257 e. The van der Waals surface area contributed by atoms with Crippen LogP contribution in [0.15, 0.2) is 0 Å². The fourth-order valence-corrected chi connectivity index (χ4v) is 0.447. The standard InChI is InChI=1S/H20N18/c1-3-5-7-9-11-13-15-17-18-16-14-12-10-8-6-4-2/h3-18H,1-2H2. The molecule has 0 fully saturated rings. The molecule has 0 bridgehead atoms.